The van der Waals surface area contributed by atoms with Crippen molar-refractivity contribution in [1.82, 2.24) is 5.32 Å². The second-order valence-electron chi connectivity index (χ2n) is 21.0. The smallest absolute Gasteiger partial charge is 0.331 e. The maximum Gasteiger partial charge on any atom is 0.331 e. The van der Waals surface area contributed by atoms with E-state index >= 15 is 0 Å². The minimum Gasteiger partial charge on any atom is -0.481 e. The number of nitrogens with one attached hydrogen (secondary N) is 1. The van der Waals surface area contributed by atoms with Gasteiger partial charge < -0.3 is 81.1 Å². The zero-order chi connectivity index (χ0) is 56.4. The largest absolute Gasteiger partial charge is 0.481 e. The molecule has 2 heterocycles. The van der Waals surface area contributed by atoms with Crippen LogP contribution >= 0.6 is 0 Å². The van der Waals surface area contributed by atoms with Crippen molar-refractivity contribution < 1.29 is 89.2 Å². The van der Waals surface area contributed by atoms with E-state index in [0.717, 1.165) is 32.1 Å². The van der Waals surface area contributed by atoms with Crippen LogP contribution in [0.4, 0.5) is 4.79 Å². The number of nitrogens with two attached hydrogens (primary N) is 1. The van der Waals surface area contributed by atoms with E-state index in [2.05, 4.69) is 11.4 Å². The first-order valence-electron chi connectivity index (χ1n) is 26.6. The number of unbranched alkanes of at least 4 members (excludes halogenated alkanes) is 2. The Kier molecular flexibility index (Phi) is 31.0. The number of hydrogen-bond donors (Lipinski definition) is 12. The lowest BCUT2D eigenvalue weighted by Crippen LogP contribution is -2.61. The van der Waals surface area contributed by atoms with E-state index in [-0.39, 0.29) is 69.6 Å². The van der Waals surface area contributed by atoms with Crippen LogP contribution in [0, 0.1) is 29.6 Å². The van der Waals surface area contributed by atoms with Crippen molar-refractivity contribution in [2.45, 2.75) is 217 Å². The number of aliphatic hydroxyl groups excluding tert-OH is 9. The van der Waals surface area contributed by atoms with Crippen LogP contribution in [0.1, 0.15) is 138 Å². The van der Waals surface area contributed by atoms with Crippen LogP contribution in [0.3, 0.4) is 0 Å². The maximum absolute atomic E-state index is 13.3. The molecule has 20 heteroatoms. The van der Waals surface area contributed by atoms with Crippen molar-refractivity contribution in [3.63, 3.8) is 0 Å². The zero-order valence-electron chi connectivity index (χ0n) is 45.1. The van der Waals surface area contributed by atoms with E-state index in [0.29, 0.717) is 12.1 Å². The number of carboxylic acids is 1. The molecule has 18 atom stereocenters. The van der Waals surface area contributed by atoms with Gasteiger partial charge in [-0.1, -0.05) is 83.2 Å². The summed E-state index contributed by atoms with van der Waals surface area (Å²) in [7, 11) is 1.22. The summed E-state index contributed by atoms with van der Waals surface area (Å²) in [6.45, 7) is 11.2. The first-order chi connectivity index (χ1) is 35.3. The molecule has 2 bridgehead atoms. The lowest BCUT2D eigenvalue weighted by atomic mass is 9.83. The summed E-state index contributed by atoms with van der Waals surface area (Å²) in [5, 5.41) is 112. The SMILES string of the molecule is CO[C@]12C[C@H](O)[C@H](C)CC[C@H](O)[C@H](C)[C@@H](O)C[C@H](O)[C@H](C)/C=C\C=C/C(=O)O[C@@H]([C@H](C)CCC/C=C/CCCNC(N)=O)[C@H](C)/C=C\C=C(\C)[C@@H](O)C[C@H](O)C[C@H](O)C[C@@H](OC(=O)CC(=O)O)C[C@@H](C[C@H](O)[C@@H]1O)O2. The summed E-state index contributed by atoms with van der Waals surface area (Å²) in [5.41, 5.74) is 5.60. The quantitative estimate of drug-likeness (QED) is 0.0540. The maximum atomic E-state index is 13.3. The third-order valence-electron chi connectivity index (χ3n) is 14.5. The average molecular weight is 1070 g/mol. The molecule has 0 aliphatic carbocycles. The van der Waals surface area contributed by atoms with Crippen LogP contribution < -0.4 is 11.1 Å². The number of cyclic esters (lactones) is 1. The van der Waals surface area contributed by atoms with Crippen molar-refractivity contribution in [2.75, 3.05) is 13.7 Å². The number of esters is 2. The van der Waals surface area contributed by atoms with E-state index in [4.69, 9.17) is 24.7 Å². The van der Waals surface area contributed by atoms with Gasteiger partial charge in [0.25, 0.3) is 0 Å². The monoisotopic (exact) mass is 1070 g/mol. The van der Waals surface area contributed by atoms with Gasteiger partial charge in [0, 0.05) is 76.0 Å². The van der Waals surface area contributed by atoms with Crippen LogP contribution in [0.5, 0.6) is 0 Å². The fourth-order valence-electron chi connectivity index (χ4n) is 9.47. The summed E-state index contributed by atoms with van der Waals surface area (Å²) in [6, 6.07) is -0.561. The highest BCUT2D eigenvalue weighted by molar-refractivity contribution is 5.90. The number of fused-ring (bicyclic) bond motifs is 2. The molecule has 2 rings (SSSR count). The molecule has 75 heavy (non-hydrogen) atoms. The lowest BCUT2D eigenvalue weighted by molar-refractivity contribution is -0.343. The number of aliphatic hydroxyl groups is 9. The van der Waals surface area contributed by atoms with Gasteiger partial charge in [0.15, 0.2) is 5.79 Å². The molecule has 13 N–H and O–H groups in total. The normalized spacial score (nSPS) is 37.6. The van der Waals surface area contributed by atoms with E-state index in [1.54, 1.807) is 52.0 Å². The predicted octanol–water partition coefficient (Wildman–Crippen LogP) is 3.77. The van der Waals surface area contributed by atoms with Gasteiger partial charge in [-0.2, -0.15) is 0 Å². The Morgan fingerprint density at radius 2 is 1.45 bits per heavy atom. The number of amides is 2. The summed E-state index contributed by atoms with van der Waals surface area (Å²) in [5.74, 6) is -7.19. The Morgan fingerprint density at radius 1 is 0.800 bits per heavy atom. The van der Waals surface area contributed by atoms with E-state index in [9.17, 15) is 70.2 Å². The summed E-state index contributed by atoms with van der Waals surface area (Å²) in [4.78, 5) is 48.2. The van der Waals surface area contributed by atoms with Gasteiger partial charge >= 0.3 is 23.9 Å². The number of primary amides is 1. The molecule has 2 amide bonds. The number of ether oxygens (including phenoxy) is 4. The molecular formula is C55H92N2O18. The number of hydrogen-bond acceptors (Lipinski definition) is 17. The first-order valence-corrected chi connectivity index (χ1v) is 26.6. The van der Waals surface area contributed by atoms with Crippen LogP contribution in [0.25, 0.3) is 0 Å². The van der Waals surface area contributed by atoms with E-state index in [1.165, 1.54) is 19.3 Å². The molecule has 20 nitrogen and oxygen atoms in total. The summed E-state index contributed by atoms with van der Waals surface area (Å²) < 4.78 is 23.4. The average Bonchev–Trinajstić information content (AvgIpc) is 3.33. The highest BCUT2D eigenvalue weighted by Crippen LogP contribution is 2.38. The van der Waals surface area contributed by atoms with Crippen LogP contribution in [-0.4, -0.2) is 168 Å². The number of urea groups is 1. The number of methoxy groups -OCH3 is 1. The Balaban J connectivity index is 2.43. The van der Waals surface area contributed by atoms with Gasteiger partial charge in [0.2, 0.25) is 0 Å². The lowest BCUT2D eigenvalue weighted by Gasteiger charge is -2.47. The Morgan fingerprint density at radius 3 is 2.11 bits per heavy atom. The van der Waals surface area contributed by atoms with Crippen molar-refractivity contribution in [2.24, 2.45) is 35.3 Å². The molecule has 0 aromatic carbocycles. The molecule has 1 fully saturated rings. The minimum atomic E-state index is -1.98. The molecule has 2 aliphatic heterocycles. The van der Waals surface area contributed by atoms with Gasteiger partial charge in [-0.3, -0.25) is 9.59 Å². The number of aliphatic carboxylic acids is 1. The molecule has 0 aromatic heterocycles. The molecule has 0 saturated carbocycles. The van der Waals surface area contributed by atoms with Crippen molar-refractivity contribution >= 4 is 23.9 Å². The van der Waals surface area contributed by atoms with Crippen LogP contribution in [0.2, 0.25) is 0 Å². The molecule has 2 aliphatic rings. The number of carbonyl (C=O) groups is 4. The third-order valence-corrected chi connectivity index (χ3v) is 14.5. The van der Waals surface area contributed by atoms with Gasteiger partial charge in [0.1, 0.15) is 24.7 Å². The number of rotatable bonds is 13. The highest BCUT2D eigenvalue weighted by atomic mass is 16.7. The Labute approximate surface area is 443 Å². The fraction of sp³-hybridized carbons (Fsp3) is 0.745. The van der Waals surface area contributed by atoms with Gasteiger partial charge in [-0.25, -0.2) is 9.59 Å². The highest BCUT2D eigenvalue weighted by Gasteiger charge is 2.51. The molecule has 430 valence electrons. The van der Waals surface area contributed by atoms with E-state index < -0.39 is 127 Å². The molecule has 0 spiro atoms. The Hall–Kier alpha value is -4.06. The first kappa shape index (κ1) is 67.1. The molecule has 0 aromatic rings. The van der Waals surface area contributed by atoms with Gasteiger partial charge in [-0.05, 0) is 75.7 Å². The fourth-order valence-corrected chi connectivity index (χ4v) is 9.47. The van der Waals surface area contributed by atoms with Gasteiger partial charge in [0.05, 0.1) is 54.9 Å². The van der Waals surface area contributed by atoms with Gasteiger partial charge in [-0.15, -0.1) is 0 Å². The van der Waals surface area contributed by atoms with Crippen molar-refractivity contribution in [3.8, 4) is 0 Å². The van der Waals surface area contributed by atoms with Crippen LogP contribution in [0.15, 0.2) is 60.3 Å². The molecule has 0 radical (unpaired) electrons. The minimum absolute atomic E-state index is 0.0633. The summed E-state index contributed by atoms with van der Waals surface area (Å²) >= 11 is 0. The molecule has 0 unspecified atom stereocenters. The summed E-state index contributed by atoms with van der Waals surface area (Å²) in [6.07, 6.45) is 3.02. The second kappa shape index (κ2) is 34.7. The Bertz CT molecular complexity index is 1860. The van der Waals surface area contributed by atoms with Crippen molar-refractivity contribution in [1.29, 1.82) is 0 Å². The molecular weight excluding hydrogens is 977 g/mol. The third kappa shape index (κ3) is 25.3. The predicted molar refractivity (Wildman–Crippen MR) is 279 cm³/mol. The van der Waals surface area contributed by atoms with Crippen LogP contribution in [-0.2, 0) is 33.3 Å². The topological polar surface area (TPSA) is 346 Å². The molecule has 1 saturated heterocycles. The standard InChI is InChI=1S/C55H92N2O18/c1-33-17-13-14-21-50(68)74-52(36(4)18-12-10-8-9-11-15-24-57-54(56)71)37(5)20-16-19-34(2)44(61)27-40(59)25-39(58)26-41(73-51(69)31-49(66)67)28-42-29-47(64)53(70)55(72-7,75-42)32-48(65)35(3)22-23-43(60)38(6)46(63)30-45(33)62/h8-9,13-14,16-17,19-21,33,35-48,52-53,58-65,70H,10-12,15,18,22-32H2,1-7H3,(H,66,67)(H3,56,57,71)/b9-8+,17-13-,20-16-,21-14-,34-19-/t33-,35-,36-,37-,38+,39+,40-,41-,42+,43+,44+,45+,46+,47+,48+,52+,53+,55+/m1/s1. The number of allylic oxidation sites excluding steroid dienone is 6. The second-order valence-corrected chi connectivity index (χ2v) is 21.0. The van der Waals surface area contributed by atoms with Crippen molar-refractivity contribution in [3.05, 3.63) is 60.3 Å². The zero-order valence-corrected chi connectivity index (χ0v) is 45.1. The number of carbonyl (C=O) groups excluding carboxylic acids is 3. The number of carboxylic acid groups (broad SMARTS) is 1. The van der Waals surface area contributed by atoms with E-state index in [1.807, 2.05) is 26.0 Å².